The van der Waals surface area contributed by atoms with Gasteiger partial charge in [-0.15, -0.1) is 0 Å². The van der Waals surface area contributed by atoms with Gasteiger partial charge in [0.05, 0.1) is 17.2 Å². The van der Waals surface area contributed by atoms with Gasteiger partial charge >= 0.3 is 0 Å². The Hall–Kier alpha value is -3.20. The van der Waals surface area contributed by atoms with Gasteiger partial charge in [-0.05, 0) is 43.7 Å². The summed E-state index contributed by atoms with van der Waals surface area (Å²) >= 11 is 0. The molecule has 1 aliphatic heterocycles. The van der Waals surface area contributed by atoms with Crippen LogP contribution in [0.2, 0.25) is 0 Å². The summed E-state index contributed by atoms with van der Waals surface area (Å²) < 4.78 is 13.9. The van der Waals surface area contributed by atoms with Gasteiger partial charge in [-0.3, -0.25) is 9.59 Å². The van der Waals surface area contributed by atoms with E-state index in [-0.39, 0.29) is 17.3 Å². The molecule has 0 saturated carbocycles. The molecule has 1 aliphatic rings. The summed E-state index contributed by atoms with van der Waals surface area (Å²) in [6, 6.07) is 13.1. The third-order valence-electron chi connectivity index (χ3n) is 4.73. The number of hydrogen-bond acceptors (Lipinski definition) is 4. The monoisotopic (exact) mass is 365 g/mol. The highest BCUT2D eigenvalue weighted by atomic mass is 19.1. The second-order valence-electron chi connectivity index (χ2n) is 6.51. The average molecular weight is 365 g/mol. The number of ketones is 1. The Bertz CT molecular complexity index is 920. The van der Waals surface area contributed by atoms with Crippen LogP contribution in [-0.4, -0.2) is 42.8 Å². The maximum atomic E-state index is 13.9. The van der Waals surface area contributed by atoms with E-state index in [9.17, 15) is 19.2 Å². The summed E-state index contributed by atoms with van der Waals surface area (Å²) in [7, 11) is 0. The first-order valence-corrected chi connectivity index (χ1v) is 8.85. The van der Waals surface area contributed by atoms with E-state index in [1.807, 2.05) is 4.90 Å². The summed E-state index contributed by atoms with van der Waals surface area (Å²) in [5.74, 6) is -0.922. The van der Waals surface area contributed by atoms with Crippen molar-refractivity contribution in [3.8, 4) is 6.07 Å². The van der Waals surface area contributed by atoms with E-state index in [1.165, 1.54) is 19.1 Å². The molecule has 1 saturated heterocycles. The summed E-state index contributed by atoms with van der Waals surface area (Å²) in [5, 5.41) is 9.17. The van der Waals surface area contributed by atoms with Gasteiger partial charge in [-0.25, -0.2) is 4.39 Å². The van der Waals surface area contributed by atoms with E-state index in [4.69, 9.17) is 0 Å². The van der Waals surface area contributed by atoms with Crippen LogP contribution in [0.3, 0.4) is 0 Å². The van der Waals surface area contributed by atoms with E-state index in [0.29, 0.717) is 49.4 Å². The van der Waals surface area contributed by atoms with Crippen molar-refractivity contribution in [2.75, 3.05) is 31.1 Å². The molecule has 0 unspecified atom stereocenters. The van der Waals surface area contributed by atoms with Crippen LogP contribution in [0.1, 0.15) is 39.6 Å². The van der Waals surface area contributed by atoms with Crippen molar-refractivity contribution < 1.29 is 14.0 Å². The minimum absolute atomic E-state index is 0.0712. The number of Topliss-reactive ketones (excluding diaryl/α,β-unsaturated/α-hetero) is 1. The highest BCUT2D eigenvalue weighted by Gasteiger charge is 2.24. The SMILES string of the molecule is CC(=O)c1ccc(C#N)cc1N1CCCN(C(=O)c2ccccc2F)CC1. The van der Waals surface area contributed by atoms with E-state index < -0.39 is 5.82 Å². The fourth-order valence-electron chi connectivity index (χ4n) is 3.33. The molecular formula is C21H20FN3O2. The normalized spacial score (nSPS) is 14.4. The number of carbonyl (C=O) groups is 2. The molecule has 27 heavy (non-hydrogen) atoms. The first-order chi connectivity index (χ1) is 13.0. The number of amides is 1. The number of hydrogen-bond donors (Lipinski definition) is 0. The lowest BCUT2D eigenvalue weighted by Crippen LogP contribution is -2.36. The van der Waals surface area contributed by atoms with Gasteiger partial charge < -0.3 is 9.80 Å². The highest BCUT2D eigenvalue weighted by molar-refractivity contribution is 6.00. The molecular weight excluding hydrogens is 345 g/mol. The Morgan fingerprint density at radius 3 is 2.52 bits per heavy atom. The van der Waals surface area contributed by atoms with Gasteiger partial charge in [0.15, 0.2) is 5.78 Å². The number of rotatable bonds is 3. The smallest absolute Gasteiger partial charge is 0.256 e. The number of halogens is 1. The lowest BCUT2D eigenvalue weighted by atomic mass is 10.1. The average Bonchev–Trinajstić information content (AvgIpc) is 2.93. The van der Waals surface area contributed by atoms with Crippen molar-refractivity contribution in [3.63, 3.8) is 0 Å². The molecule has 1 amide bonds. The Kier molecular flexibility index (Phi) is 5.51. The molecule has 2 aromatic rings. The van der Waals surface area contributed by atoms with E-state index >= 15 is 0 Å². The summed E-state index contributed by atoms with van der Waals surface area (Å²) in [6.07, 6.45) is 0.689. The zero-order valence-electron chi connectivity index (χ0n) is 15.1. The Labute approximate surface area is 157 Å². The lowest BCUT2D eigenvalue weighted by molar-refractivity contribution is 0.0762. The molecule has 0 N–H and O–H groups in total. The van der Waals surface area contributed by atoms with Crippen LogP contribution in [-0.2, 0) is 0 Å². The summed E-state index contributed by atoms with van der Waals surface area (Å²) in [4.78, 5) is 28.3. The van der Waals surface area contributed by atoms with Crippen molar-refractivity contribution in [1.82, 2.24) is 4.90 Å². The molecule has 0 radical (unpaired) electrons. The zero-order valence-corrected chi connectivity index (χ0v) is 15.1. The molecule has 0 spiro atoms. The largest absolute Gasteiger partial charge is 0.369 e. The second-order valence-corrected chi connectivity index (χ2v) is 6.51. The van der Waals surface area contributed by atoms with Crippen molar-refractivity contribution in [2.45, 2.75) is 13.3 Å². The maximum Gasteiger partial charge on any atom is 0.256 e. The van der Waals surface area contributed by atoms with Crippen LogP contribution in [0.25, 0.3) is 0 Å². The molecule has 6 heteroatoms. The van der Waals surface area contributed by atoms with Crippen molar-refractivity contribution in [2.24, 2.45) is 0 Å². The number of anilines is 1. The lowest BCUT2D eigenvalue weighted by Gasteiger charge is -2.25. The van der Waals surface area contributed by atoms with E-state index in [1.54, 1.807) is 35.2 Å². The molecule has 1 heterocycles. The van der Waals surface area contributed by atoms with Crippen molar-refractivity contribution in [1.29, 1.82) is 5.26 Å². The van der Waals surface area contributed by atoms with E-state index in [2.05, 4.69) is 6.07 Å². The quantitative estimate of drug-likeness (QED) is 0.783. The minimum atomic E-state index is -0.524. The van der Waals surface area contributed by atoms with Crippen molar-refractivity contribution >= 4 is 17.4 Å². The third-order valence-corrected chi connectivity index (χ3v) is 4.73. The molecule has 0 atom stereocenters. The van der Waals surface area contributed by atoms with E-state index in [0.717, 1.165) is 0 Å². The molecule has 2 aromatic carbocycles. The van der Waals surface area contributed by atoms with Gasteiger partial charge in [0, 0.05) is 37.4 Å². The van der Waals surface area contributed by atoms with Crippen LogP contribution in [0, 0.1) is 17.1 Å². The summed E-state index contributed by atoms with van der Waals surface area (Å²) in [6.45, 7) is 3.58. The number of benzene rings is 2. The third kappa shape index (κ3) is 3.98. The fourth-order valence-corrected chi connectivity index (χ4v) is 3.33. The number of nitriles is 1. The molecule has 0 aromatic heterocycles. The second kappa shape index (κ2) is 8.00. The molecule has 3 rings (SSSR count). The van der Waals surface area contributed by atoms with Crippen LogP contribution in [0.4, 0.5) is 10.1 Å². The van der Waals surface area contributed by atoms with Gasteiger partial charge in [0.1, 0.15) is 5.82 Å². The Morgan fingerprint density at radius 2 is 1.81 bits per heavy atom. The number of nitrogens with zero attached hydrogens (tertiary/aromatic N) is 3. The van der Waals surface area contributed by atoms with Crippen LogP contribution in [0.5, 0.6) is 0 Å². The summed E-state index contributed by atoms with van der Waals surface area (Å²) in [5.41, 5.74) is 1.82. The molecule has 0 bridgehead atoms. The van der Waals surface area contributed by atoms with Gasteiger partial charge in [0.2, 0.25) is 0 Å². The Morgan fingerprint density at radius 1 is 1.04 bits per heavy atom. The fraction of sp³-hybridized carbons (Fsp3) is 0.286. The highest BCUT2D eigenvalue weighted by Crippen LogP contribution is 2.25. The molecule has 5 nitrogen and oxygen atoms in total. The van der Waals surface area contributed by atoms with Gasteiger partial charge in [0.25, 0.3) is 5.91 Å². The molecule has 0 aliphatic carbocycles. The topological polar surface area (TPSA) is 64.4 Å². The van der Waals surface area contributed by atoms with Crippen LogP contribution >= 0.6 is 0 Å². The first kappa shape index (κ1) is 18.6. The van der Waals surface area contributed by atoms with Crippen molar-refractivity contribution in [3.05, 3.63) is 65.0 Å². The maximum absolute atomic E-state index is 13.9. The first-order valence-electron chi connectivity index (χ1n) is 8.85. The standard InChI is InChI=1S/C21H20FN3O2/c1-15(26)17-8-7-16(14-23)13-20(17)24-9-4-10-25(12-11-24)21(27)18-5-2-3-6-19(18)22/h2-3,5-8,13H,4,9-12H2,1H3. The van der Waals surface area contributed by atoms with Crippen LogP contribution in [0.15, 0.2) is 42.5 Å². The molecule has 1 fully saturated rings. The van der Waals surface area contributed by atoms with Gasteiger partial charge in [-0.1, -0.05) is 12.1 Å². The Balaban J connectivity index is 1.82. The van der Waals surface area contributed by atoms with Crippen LogP contribution < -0.4 is 4.90 Å². The number of carbonyl (C=O) groups excluding carboxylic acids is 2. The van der Waals surface area contributed by atoms with Gasteiger partial charge in [-0.2, -0.15) is 5.26 Å². The minimum Gasteiger partial charge on any atom is -0.369 e. The predicted octanol–water partition coefficient (Wildman–Crippen LogP) is 3.25. The molecule has 138 valence electrons. The zero-order chi connectivity index (χ0) is 19.4. The predicted molar refractivity (Wildman–Crippen MR) is 100 cm³/mol.